The van der Waals surface area contributed by atoms with Crippen LogP contribution in [0, 0.1) is 0 Å². The highest BCUT2D eigenvalue weighted by atomic mass is 16.1. The van der Waals surface area contributed by atoms with Crippen molar-refractivity contribution in [3.63, 3.8) is 0 Å². The summed E-state index contributed by atoms with van der Waals surface area (Å²) in [5.74, 6) is 0.812. The third-order valence-corrected chi connectivity index (χ3v) is 2.22. The number of aromatic nitrogens is 1. The molecule has 0 aliphatic rings. The second-order valence-corrected chi connectivity index (χ2v) is 3.56. The molecule has 4 heteroatoms. The topological polar surface area (TPSA) is 54.0 Å². The van der Waals surface area contributed by atoms with E-state index in [0.717, 1.165) is 16.6 Å². The summed E-state index contributed by atoms with van der Waals surface area (Å²) >= 11 is 0. The number of benzene rings is 1. The van der Waals surface area contributed by atoms with Gasteiger partial charge in [-0.3, -0.25) is 4.79 Å². The zero-order valence-electron chi connectivity index (χ0n) is 9.03. The van der Waals surface area contributed by atoms with E-state index in [4.69, 9.17) is 0 Å². The van der Waals surface area contributed by atoms with E-state index in [1.54, 1.807) is 6.20 Å². The number of carbonyl (C=O) groups is 1. The van der Waals surface area contributed by atoms with Crippen molar-refractivity contribution in [1.82, 2.24) is 10.4 Å². The maximum Gasteiger partial charge on any atom is 0.148 e. The number of pyridine rings is 1. The lowest BCUT2D eigenvalue weighted by Gasteiger charge is -2.08. The molecule has 2 aromatic rings. The molecule has 0 saturated carbocycles. The number of Topliss-reactive ketones (excluding diaryl/α,β-unsaturated/α-hetero) is 1. The summed E-state index contributed by atoms with van der Waals surface area (Å²) in [6.45, 7) is 1.82. The van der Waals surface area contributed by atoms with Gasteiger partial charge in [0.05, 0.1) is 6.54 Å². The van der Waals surface area contributed by atoms with Crippen LogP contribution >= 0.6 is 0 Å². The monoisotopic (exact) mass is 215 g/mol. The van der Waals surface area contributed by atoms with Crippen LogP contribution in [0.5, 0.6) is 0 Å². The second kappa shape index (κ2) is 4.72. The molecule has 2 N–H and O–H groups in total. The van der Waals surface area contributed by atoms with E-state index in [0.29, 0.717) is 0 Å². The van der Waals surface area contributed by atoms with Crippen molar-refractivity contribution in [3.8, 4) is 0 Å². The number of hydrogen-bond acceptors (Lipinski definition) is 4. The molecule has 2 rings (SSSR count). The number of nitrogens with one attached hydrogen (secondary N) is 2. The van der Waals surface area contributed by atoms with Crippen LogP contribution in [0.4, 0.5) is 5.82 Å². The standard InChI is InChI=1S/C12H13N3O/c1-9(16)8-14-15-12-11-5-3-2-4-10(11)6-7-13-12/h2-7,14H,8H2,1H3,(H,13,15). The van der Waals surface area contributed by atoms with Gasteiger partial charge in [-0.25, -0.2) is 10.4 Å². The van der Waals surface area contributed by atoms with Crippen molar-refractivity contribution in [2.75, 3.05) is 12.0 Å². The number of hydrogen-bond donors (Lipinski definition) is 2. The van der Waals surface area contributed by atoms with Crippen molar-refractivity contribution >= 4 is 22.4 Å². The van der Waals surface area contributed by atoms with Crippen LogP contribution in [0.2, 0.25) is 0 Å². The zero-order valence-corrected chi connectivity index (χ0v) is 9.03. The molecule has 0 atom stereocenters. The van der Waals surface area contributed by atoms with Crippen LogP contribution in [-0.2, 0) is 4.79 Å². The Bertz CT molecular complexity index is 505. The Hall–Kier alpha value is -1.94. The Balaban J connectivity index is 2.20. The van der Waals surface area contributed by atoms with Crippen molar-refractivity contribution in [2.24, 2.45) is 0 Å². The predicted octanol–water partition coefficient (Wildman–Crippen LogP) is 1.74. The Kier molecular flexibility index (Phi) is 3.12. The number of hydrazine groups is 1. The second-order valence-electron chi connectivity index (χ2n) is 3.56. The maximum atomic E-state index is 10.8. The first kappa shape index (κ1) is 10.6. The van der Waals surface area contributed by atoms with Gasteiger partial charge >= 0.3 is 0 Å². The molecule has 0 unspecified atom stereocenters. The molecule has 0 bridgehead atoms. The van der Waals surface area contributed by atoms with E-state index in [-0.39, 0.29) is 12.3 Å². The number of rotatable bonds is 4. The average Bonchev–Trinajstić information content (AvgIpc) is 2.29. The fourth-order valence-electron chi connectivity index (χ4n) is 1.47. The molecule has 4 nitrogen and oxygen atoms in total. The van der Waals surface area contributed by atoms with E-state index >= 15 is 0 Å². The summed E-state index contributed by atoms with van der Waals surface area (Å²) in [6, 6.07) is 9.90. The molecular formula is C12H13N3O. The molecule has 0 amide bonds. The third-order valence-electron chi connectivity index (χ3n) is 2.22. The van der Waals surface area contributed by atoms with Gasteiger partial charge in [0.25, 0.3) is 0 Å². The van der Waals surface area contributed by atoms with Crippen LogP contribution in [0.1, 0.15) is 6.92 Å². The summed E-state index contributed by atoms with van der Waals surface area (Å²) in [7, 11) is 0. The number of ketones is 1. The van der Waals surface area contributed by atoms with Crippen LogP contribution in [0.25, 0.3) is 10.8 Å². The lowest BCUT2D eigenvalue weighted by molar-refractivity contribution is -0.116. The molecule has 16 heavy (non-hydrogen) atoms. The average molecular weight is 215 g/mol. The van der Waals surface area contributed by atoms with Crippen molar-refractivity contribution in [1.29, 1.82) is 0 Å². The summed E-state index contributed by atoms with van der Waals surface area (Å²) in [4.78, 5) is 15.0. The highest BCUT2D eigenvalue weighted by Crippen LogP contribution is 2.19. The highest BCUT2D eigenvalue weighted by Gasteiger charge is 2.00. The Morgan fingerprint density at radius 2 is 2.12 bits per heavy atom. The van der Waals surface area contributed by atoms with Gasteiger partial charge in [0, 0.05) is 11.6 Å². The van der Waals surface area contributed by atoms with Crippen LogP contribution in [0.3, 0.4) is 0 Å². The largest absolute Gasteiger partial charge is 0.305 e. The van der Waals surface area contributed by atoms with Crippen LogP contribution < -0.4 is 10.9 Å². The quantitative estimate of drug-likeness (QED) is 0.763. The lowest BCUT2D eigenvalue weighted by atomic mass is 10.2. The maximum absolute atomic E-state index is 10.8. The van der Waals surface area contributed by atoms with Gasteiger partial charge in [0.15, 0.2) is 0 Å². The first-order valence-electron chi connectivity index (χ1n) is 5.09. The fourth-order valence-corrected chi connectivity index (χ4v) is 1.47. The summed E-state index contributed by atoms with van der Waals surface area (Å²) in [5.41, 5.74) is 5.77. The first-order valence-corrected chi connectivity index (χ1v) is 5.09. The first-order chi connectivity index (χ1) is 7.77. The van der Waals surface area contributed by atoms with Gasteiger partial charge in [-0.05, 0) is 18.4 Å². The number of nitrogens with zero attached hydrogens (tertiary/aromatic N) is 1. The van der Waals surface area contributed by atoms with Crippen molar-refractivity contribution < 1.29 is 4.79 Å². The van der Waals surface area contributed by atoms with Crippen molar-refractivity contribution in [3.05, 3.63) is 36.5 Å². The molecule has 82 valence electrons. The SMILES string of the molecule is CC(=O)CNNc1nccc2ccccc12. The van der Waals surface area contributed by atoms with E-state index in [9.17, 15) is 4.79 Å². The van der Waals surface area contributed by atoms with Gasteiger partial charge in [-0.2, -0.15) is 0 Å². The highest BCUT2D eigenvalue weighted by molar-refractivity contribution is 5.91. The van der Waals surface area contributed by atoms with Crippen molar-refractivity contribution in [2.45, 2.75) is 6.92 Å². The summed E-state index contributed by atoms with van der Waals surface area (Å²) < 4.78 is 0. The normalized spacial score (nSPS) is 10.3. The zero-order chi connectivity index (χ0) is 11.4. The van der Waals surface area contributed by atoms with Gasteiger partial charge in [-0.1, -0.05) is 24.3 Å². The van der Waals surface area contributed by atoms with E-state index in [1.807, 2.05) is 30.3 Å². The molecule has 1 heterocycles. The third kappa shape index (κ3) is 2.35. The van der Waals surface area contributed by atoms with E-state index < -0.39 is 0 Å². The van der Waals surface area contributed by atoms with E-state index in [2.05, 4.69) is 15.8 Å². The minimum absolute atomic E-state index is 0.0766. The van der Waals surface area contributed by atoms with Crippen LogP contribution in [-0.4, -0.2) is 17.3 Å². The van der Waals surface area contributed by atoms with Gasteiger partial charge in [-0.15, -0.1) is 0 Å². The van der Waals surface area contributed by atoms with E-state index in [1.165, 1.54) is 6.92 Å². The van der Waals surface area contributed by atoms with Gasteiger partial charge < -0.3 is 5.43 Å². The molecule has 0 aliphatic carbocycles. The molecule has 0 aliphatic heterocycles. The molecular weight excluding hydrogens is 202 g/mol. The molecule has 1 aromatic carbocycles. The summed E-state index contributed by atoms with van der Waals surface area (Å²) in [6.07, 6.45) is 1.74. The fraction of sp³-hybridized carbons (Fsp3) is 0.167. The number of fused-ring (bicyclic) bond motifs is 1. The minimum Gasteiger partial charge on any atom is -0.305 e. The number of carbonyl (C=O) groups excluding carboxylic acids is 1. The summed E-state index contributed by atoms with van der Waals surface area (Å²) in [5, 5.41) is 2.14. The van der Waals surface area contributed by atoms with Crippen LogP contribution in [0.15, 0.2) is 36.5 Å². The van der Waals surface area contributed by atoms with Gasteiger partial charge in [0.2, 0.25) is 0 Å². The predicted molar refractivity (Wildman–Crippen MR) is 64.0 cm³/mol. The molecule has 0 saturated heterocycles. The smallest absolute Gasteiger partial charge is 0.148 e. The Labute approximate surface area is 93.7 Å². The lowest BCUT2D eigenvalue weighted by Crippen LogP contribution is -2.27. The molecule has 0 spiro atoms. The number of anilines is 1. The minimum atomic E-state index is 0.0766. The van der Waals surface area contributed by atoms with Gasteiger partial charge in [0.1, 0.15) is 11.6 Å². The Morgan fingerprint density at radius 3 is 2.94 bits per heavy atom. The molecule has 0 fully saturated rings. The molecule has 0 radical (unpaired) electrons. The molecule has 1 aromatic heterocycles. The Morgan fingerprint density at radius 1 is 1.31 bits per heavy atom.